The molecule has 2 N–H and O–H groups in total. The Morgan fingerprint density at radius 3 is 2.80 bits per heavy atom. The second-order valence-electron chi connectivity index (χ2n) is 7.18. The first-order valence-corrected chi connectivity index (χ1v) is 8.76. The summed E-state index contributed by atoms with van der Waals surface area (Å²) in [6, 6.07) is 5.47. The monoisotopic (exact) mass is 348 g/mol. The number of carbonyl (C=O) groups is 2. The number of pyridine rings is 1. The molecule has 7 heteroatoms. The van der Waals surface area contributed by atoms with Gasteiger partial charge in [0.2, 0.25) is 0 Å². The van der Waals surface area contributed by atoms with Crippen molar-refractivity contribution < 1.29 is 14.3 Å². The zero-order valence-corrected chi connectivity index (χ0v) is 15.2. The summed E-state index contributed by atoms with van der Waals surface area (Å²) >= 11 is 0. The quantitative estimate of drug-likeness (QED) is 0.855. The van der Waals surface area contributed by atoms with E-state index < -0.39 is 5.60 Å². The van der Waals surface area contributed by atoms with Crippen LogP contribution in [-0.2, 0) is 11.2 Å². The molecule has 1 aromatic heterocycles. The Bertz CT molecular complexity index is 571. The van der Waals surface area contributed by atoms with E-state index in [-0.39, 0.29) is 18.2 Å². The van der Waals surface area contributed by atoms with Crippen molar-refractivity contribution in [1.29, 1.82) is 0 Å². The molecule has 0 saturated carbocycles. The second-order valence-corrected chi connectivity index (χ2v) is 7.18. The molecule has 7 nitrogen and oxygen atoms in total. The molecule has 0 bridgehead atoms. The van der Waals surface area contributed by atoms with Crippen molar-refractivity contribution in [3.05, 3.63) is 30.1 Å². The normalized spacial score (nSPS) is 17.2. The first kappa shape index (κ1) is 19.0. The van der Waals surface area contributed by atoms with Crippen LogP contribution in [0.2, 0.25) is 0 Å². The fourth-order valence-electron chi connectivity index (χ4n) is 2.73. The standard InChI is InChI=1S/C18H28N4O3/c1-18(2,3)25-17(24)22-12-6-8-15(22)13-21-16(23)20-11-9-14-7-4-5-10-19-14/h4-5,7,10,15H,6,8-9,11-13H2,1-3H3,(H2,20,21,23)/t15-/m0/s1. The maximum atomic E-state index is 12.2. The highest BCUT2D eigenvalue weighted by molar-refractivity contribution is 5.74. The fraction of sp³-hybridized carbons (Fsp3) is 0.611. The molecule has 1 aliphatic heterocycles. The van der Waals surface area contributed by atoms with Crippen LogP contribution in [0.1, 0.15) is 39.3 Å². The van der Waals surface area contributed by atoms with Crippen molar-refractivity contribution in [2.24, 2.45) is 0 Å². The first-order chi connectivity index (χ1) is 11.8. The van der Waals surface area contributed by atoms with Crippen molar-refractivity contribution in [3.8, 4) is 0 Å². The Kier molecular flexibility index (Phi) is 6.61. The van der Waals surface area contributed by atoms with Crippen LogP contribution >= 0.6 is 0 Å². The second kappa shape index (κ2) is 8.69. The smallest absolute Gasteiger partial charge is 0.410 e. The molecule has 0 radical (unpaired) electrons. The summed E-state index contributed by atoms with van der Waals surface area (Å²) in [6.07, 6.45) is 3.90. The van der Waals surface area contributed by atoms with Gasteiger partial charge < -0.3 is 20.3 Å². The Labute approximate surface area is 149 Å². The van der Waals surface area contributed by atoms with E-state index in [2.05, 4.69) is 15.6 Å². The Balaban J connectivity index is 1.70. The highest BCUT2D eigenvalue weighted by Gasteiger charge is 2.32. The average Bonchev–Trinajstić information content (AvgIpc) is 3.01. The molecule has 138 valence electrons. The number of likely N-dealkylation sites (tertiary alicyclic amines) is 1. The number of nitrogens with one attached hydrogen (secondary N) is 2. The summed E-state index contributed by atoms with van der Waals surface area (Å²) in [6.45, 7) is 7.16. The van der Waals surface area contributed by atoms with Crippen molar-refractivity contribution in [3.63, 3.8) is 0 Å². The minimum atomic E-state index is -0.513. The van der Waals surface area contributed by atoms with E-state index in [1.54, 1.807) is 11.1 Å². The van der Waals surface area contributed by atoms with Crippen LogP contribution < -0.4 is 10.6 Å². The number of hydrogen-bond acceptors (Lipinski definition) is 4. The van der Waals surface area contributed by atoms with E-state index in [9.17, 15) is 9.59 Å². The van der Waals surface area contributed by atoms with Gasteiger partial charge in [-0.3, -0.25) is 4.98 Å². The highest BCUT2D eigenvalue weighted by atomic mass is 16.6. The predicted molar refractivity (Wildman–Crippen MR) is 95.3 cm³/mol. The van der Waals surface area contributed by atoms with Crippen LogP contribution in [0.15, 0.2) is 24.4 Å². The lowest BCUT2D eigenvalue weighted by Crippen LogP contribution is -2.47. The number of amides is 3. The third-order valence-corrected chi connectivity index (χ3v) is 3.90. The number of hydrogen-bond donors (Lipinski definition) is 2. The lowest BCUT2D eigenvalue weighted by atomic mass is 10.2. The van der Waals surface area contributed by atoms with Gasteiger partial charge in [-0.1, -0.05) is 6.07 Å². The lowest BCUT2D eigenvalue weighted by molar-refractivity contribution is 0.0228. The molecule has 2 rings (SSSR count). The third-order valence-electron chi connectivity index (χ3n) is 3.90. The third kappa shape index (κ3) is 6.60. The van der Waals surface area contributed by atoms with Crippen LogP contribution in [0.4, 0.5) is 9.59 Å². The lowest BCUT2D eigenvalue weighted by Gasteiger charge is -2.28. The minimum Gasteiger partial charge on any atom is -0.444 e. The number of nitrogens with zero attached hydrogens (tertiary/aromatic N) is 2. The van der Waals surface area contributed by atoms with Crippen molar-refractivity contribution in [1.82, 2.24) is 20.5 Å². The Hall–Kier alpha value is -2.31. The summed E-state index contributed by atoms with van der Waals surface area (Å²) in [7, 11) is 0. The summed E-state index contributed by atoms with van der Waals surface area (Å²) in [5, 5.41) is 5.65. The fourth-order valence-corrected chi connectivity index (χ4v) is 2.73. The number of urea groups is 1. The van der Waals surface area contributed by atoms with Crippen LogP contribution in [0.25, 0.3) is 0 Å². The molecular weight excluding hydrogens is 320 g/mol. The topological polar surface area (TPSA) is 83.6 Å². The van der Waals surface area contributed by atoms with Gasteiger partial charge in [0.1, 0.15) is 5.60 Å². The SMILES string of the molecule is CC(C)(C)OC(=O)N1CCC[C@H]1CNC(=O)NCCc1ccccn1. The van der Waals surface area contributed by atoms with Gasteiger partial charge in [-0.15, -0.1) is 0 Å². The first-order valence-electron chi connectivity index (χ1n) is 8.76. The van der Waals surface area contributed by atoms with Gasteiger partial charge in [-0.25, -0.2) is 9.59 Å². The number of rotatable bonds is 5. The molecule has 0 spiro atoms. The van der Waals surface area contributed by atoms with E-state index in [4.69, 9.17) is 4.74 Å². The van der Waals surface area contributed by atoms with Gasteiger partial charge in [0.15, 0.2) is 0 Å². The van der Waals surface area contributed by atoms with E-state index in [0.29, 0.717) is 26.1 Å². The Morgan fingerprint density at radius 2 is 2.12 bits per heavy atom. The summed E-state index contributed by atoms with van der Waals surface area (Å²) in [4.78, 5) is 30.1. The molecular formula is C18H28N4O3. The molecule has 1 aromatic rings. The van der Waals surface area contributed by atoms with Crippen LogP contribution in [0.5, 0.6) is 0 Å². The van der Waals surface area contributed by atoms with Gasteiger partial charge in [0, 0.05) is 37.9 Å². The molecule has 1 atom stereocenters. The molecule has 1 fully saturated rings. The van der Waals surface area contributed by atoms with Crippen molar-refractivity contribution >= 4 is 12.1 Å². The summed E-state index contributed by atoms with van der Waals surface area (Å²) < 4.78 is 5.42. The van der Waals surface area contributed by atoms with E-state index in [1.165, 1.54) is 0 Å². The van der Waals surface area contributed by atoms with Gasteiger partial charge in [0.05, 0.1) is 6.04 Å². The van der Waals surface area contributed by atoms with E-state index in [0.717, 1.165) is 18.5 Å². The molecule has 1 saturated heterocycles. The zero-order valence-electron chi connectivity index (χ0n) is 15.2. The van der Waals surface area contributed by atoms with E-state index in [1.807, 2.05) is 39.0 Å². The van der Waals surface area contributed by atoms with Crippen LogP contribution in [0, 0.1) is 0 Å². The van der Waals surface area contributed by atoms with Gasteiger partial charge in [-0.2, -0.15) is 0 Å². The Morgan fingerprint density at radius 1 is 1.32 bits per heavy atom. The number of aromatic nitrogens is 1. The summed E-state index contributed by atoms with van der Waals surface area (Å²) in [5.74, 6) is 0. The average molecular weight is 348 g/mol. The predicted octanol–water partition coefficient (Wildman–Crippen LogP) is 2.32. The number of ether oxygens (including phenoxy) is 1. The molecule has 2 heterocycles. The maximum absolute atomic E-state index is 12.2. The highest BCUT2D eigenvalue weighted by Crippen LogP contribution is 2.20. The van der Waals surface area contributed by atoms with Crippen molar-refractivity contribution in [2.75, 3.05) is 19.6 Å². The van der Waals surface area contributed by atoms with Crippen molar-refractivity contribution in [2.45, 2.75) is 51.7 Å². The van der Waals surface area contributed by atoms with Gasteiger partial charge >= 0.3 is 12.1 Å². The molecule has 1 aliphatic rings. The number of carbonyl (C=O) groups excluding carboxylic acids is 2. The largest absolute Gasteiger partial charge is 0.444 e. The maximum Gasteiger partial charge on any atom is 0.410 e. The summed E-state index contributed by atoms with van der Waals surface area (Å²) in [5.41, 5.74) is 0.426. The minimum absolute atomic E-state index is 0.0172. The molecule has 0 aliphatic carbocycles. The van der Waals surface area contributed by atoms with Gasteiger partial charge in [-0.05, 0) is 45.7 Å². The zero-order chi connectivity index (χ0) is 18.3. The van der Waals surface area contributed by atoms with Crippen LogP contribution in [-0.4, -0.2) is 53.3 Å². The molecule has 3 amide bonds. The molecule has 0 unspecified atom stereocenters. The van der Waals surface area contributed by atoms with E-state index >= 15 is 0 Å². The van der Waals surface area contributed by atoms with Crippen LogP contribution in [0.3, 0.4) is 0 Å². The molecule has 0 aromatic carbocycles. The van der Waals surface area contributed by atoms with Gasteiger partial charge in [0.25, 0.3) is 0 Å². The molecule has 25 heavy (non-hydrogen) atoms.